The number of aliphatic carboxylic acids is 1. The number of hydrogen-bond acceptors (Lipinski definition) is 4. The van der Waals surface area contributed by atoms with E-state index in [1.165, 1.54) is 6.20 Å². The van der Waals surface area contributed by atoms with Crippen molar-refractivity contribution < 1.29 is 14.7 Å². The second-order valence-corrected chi connectivity index (χ2v) is 4.91. The molecule has 110 valence electrons. The van der Waals surface area contributed by atoms with E-state index in [-0.39, 0.29) is 12.5 Å². The van der Waals surface area contributed by atoms with Gasteiger partial charge in [0.15, 0.2) is 0 Å². The standard InChI is InChI=1S/C15H17N3O3/c1-9(6-7-13(19)20)18-14-10-4-2-3-5-12(10)17-8-11(14)15(16)21/h2-5,8-9H,6-7H2,1H3,(H2,16,21)(H,17,18)(H,19,20). The van der Waals surface area contributed by atoms with Gasteiger partial charge in [-0.2, -0.15) is 0 Å². The number of carbonyl (C=O) groups excluding carboxylic acids is 1. The SMILES string of the molecule is CC(CCC(=O)O)Nc1c(C(N)=O)cnc2ccccc12. The number of amides is 1. The van der Waals surface area contributed by atoms with E-state index in [0.717, 1.165) is 10.9 Å². The third kappa shape index (κ3) is 3.47. The van der Waals surface area contributed by atoms with Gasteiger partial charge in [0, 0.05) is 24.0 Å². The summed E-state index contributed by atoms with van der Waals surface area (Å²) in [6.07, 6.45) is 1.95. The minimum atomic E-state index is -0.849. The van der Waals surface area contributed by atoms with Gasteiger partial charge >= 0.3 is 5.97 Å². The summed E-state index contributed by atoms with van der Waals surface area (Å²) in [4.78, 5) is 26.4. The lowest BCUT2D eigenvalue weighted by molar-refractivity contribution is -0.137. The smallest absolute Gasteiger partial charge is 0.303 e. The Morgan fingerprint density at radius 2 is 2.10 bits per heavy atom. The summed E-state index contributed by atoms with van der Waals surface area (Å²) in [5, 5.41) is 12.7. The molecule has 1 unspecified atom stereocenters. The Morgan fingerprint density at radius 3 is 2.76 bits per heavy atom. The topological polar surface area (TPSA) is 105 Å². The van der Waals surface area contributed by atoms with Crippen molar-refractivity contribution in [1.82, 2.24) is 4.98 Å². The summed E-state index contributed by atoms with van der Waals surface area (Å²) in [5.41, 5.74) is 7.04. The van der Waals surface area contributed by atoms with Crippen LogP contribution in [0.1, 0.15) is 30.1 Å². The summed E-state index contributed by atoms with van der Waals surface area (Å²) in [7, 11) is 0. The Kier molecular flexibility index (Phi) is 4.37. The molecule has 0 radical (unpaired) electrons. The van der Waals surface area contributed by atoms with Gasteiger partial charge in [-0.1, -0.05) is 18.2 Å². The number of nitrogens with two attached hydrogens (primary N) is 1. The molecule has 0 saturated carbocycles. The summed E-state index contributed by atoms with van der Waals surface area (Å²) in [5.74, 6) is -1.42. The number of nitrogens with zero attached hydrogens (tertiary/aromatic N) is 1. The van der Waals surface area contributed by atoms with Crippen LogP contribution in [-0.2, 0) is 4.79 Å². The van der Waals surface area contributed by atoms with Crippen LogP contribution in [0.4, 0.5) is 5.69 Å². The average Bonchev–Trinajstić information content (AvgIpc) is 2.45. The Balaban J connectivity index is 2.37. The van der Waals surface area contributed by atoms with Crippen LogP contribution in [0.5, 0.6) is 0 Å². The van der Waals surface area contributed by atoms with E-state index in [1.54, 1.807) is 0 Å². The lowest BCUT2D eigenvalue weighted by Gasteiger charge is -2.18. The van der Waals surface area contributed by atoms with Gasteiger partial charge in [-0.05, 0) is 19.4 Å². The number of para-hydroxylation sites is 1. The zero-order valence-corrected chi connectivity index (χ0v) is 11.7. The number of fused-ring (bicyclic) bond motifs is 1. The van der Waals surface area contributed by atoms with Crippen molar-refractivity contribution in [1.29, 1.82) is 0 Å². The summed E-state index contributed by atoms with van der Waals surface area (Å²) >= 11 is 0. The zero-order valence-electron chi connectivity index (χ0n) is 11.7. The number of hydrogen-bond donors (Lipinski definition) is 3. The molecule has 1 aromatic carbocycles. The van der Waals surface area contributed by atoms with Crippen molar-refractivity contribution in [3.05, 3.63) is 36.0 Å². The molecule has 1 amide bonds. The molecule has 21 heavy (non-hydrogen) atoms. The third-order valence-corrected chi connectivity index (χ3v) is 3.22. The van der Waals surface area contributed by atoms with Crippen molar-refractivity contribution in [3.8, 4) is 0 Å². The second-order valence-electron chi connectivity index (χ2n) is 4.91. The van der Waals surface area contributed by atoms with E-state index < -0.39 is 11.9 Å². The number of primary amides is 1. The van der Waals surface area contributed by atoms with E-state index in [0.29, 0.717) is 17.7 Å². The summed E-state index contributed by atoms with van der Waals surface area (Å²) in [6.45, 7) is 1.86. The number of pyridine rings is 1. The van der Waals surface area contributed by atoms with Crippen LogP contribution in [0, 0.1) is 0 Å². The number of nitrogens with one attached hydrogen (secondary N) is 1. The number of benzene rings is 1. The fraction of sp³-hybridized carbons (Fsp3) is 0.267. The fourth-order valence-electron chi connectivity index (χ4n) is 2.14. The minimum Gasteiger partial charge on any atom is -0.481 e. The van der Waals surface area contributed by atoms with E-state index in [1.807, 2.05) is 31.2 Å². The van der Waals surface area contributed by atoms with Crippen molar-refractivity contribution >= 4 is 28.5 Å². The van der Waals surface area contributed by atoms with Gasteiger partial charge in [0.1, 0.15) is 0 Å². The van der Waals surface area contributed by atoms with E-state index in [4.69, 9.17) is 10.8 Å². The maximum atomic E-state index is 11.6. The van der Waals surface area contributed by atoms with Gasteiger partial charge in [-0.15, -0.1) is 0 Å². The maximum absolute atomic E-state index is 11.6. The number of carboxylic acids is 1. The van der Waals surface area contributed by atoms with Crippen LogP contribution < -0.4 is 11.1 Å². The molecule has 6 nitrogen and oxygen atoms in total. The van der Waals surface area contributed by atoms with Crippen molar-refractivity contribution in [2.45, 2.75) is 25.8 Å². The first-order valence-corrected chi connectivity index (χ1v) is 6.65. The molecule has 0 spiro atoms. The molecular weight excluding hydrogens is 270 g/mol. The van der Waals surface area contributed by atoms with E-state index in [2.05, 4.69) is 10.3 Å². The third-order valence-electron chi connectivity index (χ3n) is 3.22. The Morgan fingerprint density at radius 1 is 1.38 bits per heavy atom. The molecule has 0 aliphatic rings. The fourth-order valence-corrected chi connectivity index (χ4v) is 2.14. The highest BCUT2D eigenvalue weighted by Crippen LogP contribution is 2.26. The van der Waals surface area contributed by atoms with Crippen LogP contribution in [0.25, 0.3) is 10.9 Å². The average molecular weight is 287 g/mol. The predicted octanol–water partition coefficient (Wildman–Crippen LogP) is 2.00. The van der Waals surface area contributed by atoms with Crippen LogP contribution in [0.15, 0.2) is 30.5 Å². The quantitative estimate of drug-likeness (QED) is 0.753. The Bertz CT molecular complexity index is 685. The number of carboxylic acid groups (broad SMARTS) is 1. The highest BCUT2D eigenvalue weighted by molar-refractivity contribution is 6.06. The van der Waals surface area contributed by atoms with E-state index in [9.17, 15) is 9.59 Å². The highest BCUT2D eigenvalue weighted by Gasteiger charge is 2.15. The van der Waals surface area contributed by atoms with Gasteiger partial charge in [0.25, 0.3) is 5.91 Å². The molecule has 0 fully saturated rings. The predicted molar refractivity (Wildman–Crippen MR) is 80.2 cm³/mol. The molecule has 2 aromatic rings. The van der Waals surface area contributed by atoms with Crippen molar-refractivity contribution in [3.63, 3.8) is 0 Å². The van der Waals surface area contributed by atoms with Gasteiger partial charge < -0.3 is 16.2 Å². The highest BCUT2D eigenvalue weighted by atomic mass is 16.4. The van der Waals surface area contributed by atoms with Gasteiger partial charge in [-0.25, -0.2) is 0 Å². The molecule has 4 N–H and O–H groups in total. The molecule has 0 saturated heterocycles. The van der Waals surface area contributed by atoms with Gasteiger partial charge in [0.05, 0.1) is 16.8 Å². The molecule has 1 atom stereocenters. The molecule has 1 heterocycles. The number of aromatic nitrogens is 1. The number of carbonyl (C=O) groups is 2. The molecule has 0 bridgehead atoms. The van der Waals surface area contributed by atoms with Crippen LogP contribution in [-0.4, -0.2) is 28.0 Å². The van der Waals surface area contributed by atoms with Crippen LogP contribution in [0.2, 0.25) is 0 Å². The molecule has 1 aromatic heterocycles. The minimum absolute atomic E-state index is 0.0586. The largest absolute Gasteiger partial charge is 0.481 e. The first kappa shape index (κ1) is 14.8. The maximum Gasteiger partial charge on any atom is 0.303 e. The number of anilines is 1. The Hall–Kier alpha value is -2.63. The van der Waals surface area contributed by atoms with Gasteiger partial charge in [-0.3, -0.25) is 14.6 Å². The molecule has 0 aliphatic heterocycles. The van der Waals surface area contributed by atoms with Crippen molar-refractivity contribution in [2.24, 2.45) is 5.73 Å². The molecule has 0 aliphatic carbocycles. The normalized spacial score (nSPS) is 12.0. The van der Waals surface area contributed by atoms with Crippen molar-refractivity contribution in [2.75, 3.05) is 5.32 Å². The lowest BCUT2D eigenvalue weighted by Crippen LogP contribution is -2.21. The molecule has 2 rings (SSSR count). The first-order valence-electron chi connectivity index (χ1n) is 6.65. The first-order chi connectivity index (χ1) is 9.99. The molecule has 6 heteroatoms. The van der Waals surface area contributed by atoms with Crippen LogP contribution >= 0.6 is 0 Å². The second kappa shape index (κ2) is 6.21. The van der Waals surface area contributed by atoms with Gasteiger partial charge in [0.2, 0.25) is 0 Å². The van der Waals surface area contributed by atoms with E-state index >= 15 is 0 Å². The Labute approximate surface area is 122 Å². The summed E-state index contributed by atoms with van der Waals surface area (Å²) in [6, 6.07) is 7.29. The monoisotopic (exact) mass is 287 g/mol. The summed E-state index contributed by atoms with van der Waals surface area (Å²) < 4.78 is 0. The molecular formula is C15H17N3O3. The lowest BCUT2D eigenvalue weighted by atomic mass is 10.1. The number of rotatable bonds is 6. The zero-order chi connectivity index (χ0) is 15.4. The van der Waals surface area contributed by atoms with Crippen LogP contribution in [0.3, 0.4) is 0 Å².